The second-order valence-electron chi connectivity index (χ2n) is 6.97. The molecular weight excluding hydrogens is 362 g/mol. The molecule has 0 atom stereocenters. The molecule has 1 N–H and O–H groups in total. The molecule has 142 valence electrons. The Morgan fingerprint density at radius 1 is 1.18 bits per heavy atom. The molecule has 0 aliphatic carbocycles. The molecule has 3 rings (SSSR count). The van der Waals surface area contributed by atoms with E-state index in [1.165, 1.54) is 40.9 Å². The number of nitrogens with zero attached hydrogens (tertiary/aromatic N) is 2. The van der Waals surface area contributed by atoms with Crippen LogP contribution in [0.25, 0.3) is 16.8 Å². The van der Waals surface area contributed by atoms with Crippen LogP contribution in [0.2, 0.25) is 0 Å². The lowest BCUT2D eigenvalue weighted by Gasteiger charge is -2.04. The van der Waals surface area contributed by atoms with Crippen molar-refractivity contribution in [2.45, 2.75) is 40.0 Å². The van der Waals surface area contributed by atoms with E-state index in [0.29, 0.717) is 5.57 Å². The number of benzene rings is 2. The summed E-state index contributed by atoms with van der Waals surface area (Å²) in [5.74, 6) is 0. The number of anilines is 1. The molecule has 3 nitrogen and oxygen atoms in total. The predicted octanol–water partition coefficient (Wildman–Crippen LogP) is 6.75. The number of rotatable bonds is 7. The average Bonchev–Trinajstić information content (AvgIpc) is 3.17. The second kappa shape index (κ2) is 9.34. The number of unbranched alkanes of at least 4 members (excludes halogenated alkanes) is 1. The molecule has 28 heavy (non-hydrogen) atoms. The molecule has 0 aliphatic rings. The van der Waals surface area contributed by atoms with Gasteiger partial charge in [-0.05, 0) is 49.9 Å². The predicted molar refractivity (Wildman–Crippen MR) is 119 cm³/mol. The monoisotopic (exact) mass is 387 g/mol. The van der Waals surface area contributed by atoms with E-state index in [-0.39, 0.29) is 0 Å². The van der Waals surface area contributed by atoms with E-state index in [2.05, 4.69) is 74.6 Å². The Bertz CT molecular complexity index is 1010. The summed E-state index contributed by atoms with van der Waals surface area (Å²) in [6.07, 6.45) is 5.26. The maximum Gasteiger partial charge on any atom is 0.136 e. The number of nitrogens with one attached hydrogen (secondary N) is 1. The van der Waals surface area contributed by atoms with Crippen LogP contribution in [0.1, 0.15) is 41.5 Å². The first kappa shape index (κ1) is 19.9. The summed E-state index contributed by atoms with van der Waals surface area (Å²) in [5, 5.41) is 15.5. The molecule has 0 spiro atoms. The summed E-state index contributed by atoms with van der Waals surface area (Å²) in [5.41, 5.74) is 7.31. The standard InChI is InChI=1S/C24H25N3S/c1-4-5-6-19-8-10-21(11-9-19)26-15-20(14-25)24-27-23(16-28-24)22-12-7-17(2)13-18(22)3/h7-13,15-16,26H,4-6H2,1-3H3. The van der Waals surface area contributed by atoms with Gasteiger partial charge in [0.25, 0.3) is 0 Å². The van der Waals surface area contributed by atoms with Crippen molar-refractivity contribution in [1.29, 1.82) is 5.26 Å². The molecule has 0 saturated heterocycles. The van der Waals surface area contributed by atoms with Crippen LogP contribution in [-0.2, 0) is 6.42 Å². The van der Waals surface area contributed by atoms with Crippen LogP contribution in [-0.4, -0.2) is 4.98 Å². The Kier molecular flexibility index (Phi) is 6.62. The molecule has 0 radical (unpaired) electrons. The first-order valence-electron chi connectivity index (χ1n) is 9.60. The SMILES string of the molecule is CCCCc1ccc(NC=C(C#N)c2nc(-c3ccc(C)cc3C)cs2)cc1. The number of nitriles is 1. The van der Waals surface area contributed by atoms with Gasteiger partial charge in [-0.1, -0.05) is 49.2 Å². The van der Waals surface area contributed by atoms with E-state index in [4.69, 9.17) is 4.98 Å². The molecule has 4 heteroatoms. The minimum Gasteiger partial charge on any atom is -0.360 e. The van der Waals surface area contributed by atoms with Gasteiger partial charge in [-0.15, -0.1) is 11.3 Å². The average molecular weight is 388 g/mol. The Balaban J connectivity index is 1.75. The summed E-state index contributed by atoms with van der Waals surface area (Å²) in [4.78, 5) is 4.69. The molecule has 0 bridgehead atoms. The lowest BCUT2D eigenvalue weighted by molar-refractivity contribution is 0.795. The van der Waals surface area contributed by atoms with Crippen LogP contribution >= 0.6 is 11.3 Å². The highest BCUT2D eigenvalue weighted by Gasteiger charge is 2.10. The zero-order chi connectivity index (χ0) is 19.9. The highest BCUT2D eigenvalue weighted by atomic mass is 32.1. The minimum absolute atomic E-state index is 0.538. The Morgan fingerprint density at radius 2 is 1.96 bits per heavy atom. The molecule has 1 heterocycles. The van der Waals surface area contributed by atoms with Gasteiger partial charge in [-0.25, -0.2) is 4.98 Å². The van der Waals surface area contributed by atoms with E-state index in [1.807, 2.05) is 5.38 Å². The molecule has 0 fully saturated rings. The molecule has 0 unspecified atom stereocenters. The Labute approximate surface area is 171 Å². The largest absolute Gasteiger partial charge is 0.360 e. The van der Waals surface area contributed by atoms with Gasteiger partial charge in [0.1, 0.15) is 16.6 Å². The molecule has 0 amide bonds. The van der Waals surface area contributed by atoms with Gasteiger partial charge >= 0.3 is 0 Å². The molecule has 3 aromatic rings. The summed E-state index contributed by atoms with van der Waals surface area (Å²) >= 11 is 1.49. The lowest BCUT2D eigenvalue weighted by atomic mass is 10.0. The van der Waals surface area contributed by atoms with Gasteiger partial charge in [0.2, 0.25) is 0 Å². The lowest BCUT2D eigenvalue weighted by Crippen LogP contribution is -1.92. The topological polar surface area (TPSA) is 48.7 Å². The minimum atomic E-state index is 0.538. The van der Waals surface area contributed by atoms with Crippen LogP contribution in [0.15, 0.2) is 54.0 Å². The first-order chi connectivity index (χ1) is 13.6. The van der Waals surface area contributed by atoms with Crippen molar-refractivity contribution in [2.75, 3.05) is 5.32 Å². The highest BCUT2D eigenvalue weighted by molar-refractivity contribution is 7.11. The number of allylic oxidation sites excluding steroid dienone is 1. The third kappa shape index (κ3) is 4.88. The molecular formula is C24H25N3S. The Hall–Kier alpha value is -2.90. The van der Waals surface area contributed by atoms with Crippen molar-refractivity contribution in [2.24, 2.45) is 0 Å². The van der Waals surface area contributed by atoms with Crippen molar-refractivity contribution in [3.63, 3.8) is 0 Å². The summed E-state index contributed by atoms with van der Waals surface area (Å²) in [6.45, 7) is 6.38. The number of hydrogen-bond acceptors (Lipinski definition) is 4. The maximum absolute atomic E-state index is 9.58. The third-order valence-electron chi connectivity index (χ3n) is 4.67. The van der Waals surface area contributed by atoms with Crippen LogP contribution in [0.3, 0.4) is 0 Å². The summed E-state index contributed by atoms with van der Waals surface area (Å²) < 4.78 is 0. The van der Waals surface area contributed by atoms with Crippen LogP contribution in [0.5, 0.6) is 0 Å². The first-order valence-corrected chi connectivity index (χ1v) is 10.5. The zero-order valence-corrected chi connectivity index (χ0v) is 17.4. The van der Waals surface area contributed by atoms with E-state index in [0.717, 1.165) is 28.4 Å². The van der Waals surface area contributed by atoms with Gasteiger partial charge in [0.15, 0.2) is 0 Å². The fraction of sp³-hybridized carbons (Fsp3) is 0.250. The summed E-state index contributed by atoms with van der Waals surface area (Å²) in [7, 11) is 0. The van der Waals surface area contributed by atoms with Gasteiger partial charge < -0.3 is 5.32 Å². The number of hydrogen-bond donors (Lipinski definition) is 1. The maximum atomic E-state index is 9.58. The van der Waals surface area contributed by atoms with E-state index in [1.54, 1.807) is 6.20 Å². The fourth-order valence-corrected chi connectivity index (χ4v) is 3.85. The van der Waals surface area contributed by atoms with Gasteiger partial charge in [0.05, 0.1) is 5.69 Å². The van der Waals surface area contributed by atoms with E-state index in [9.17, 15) is 5.26 Å². The number of thiazole rings is 1. The Morgan fingerprint density at radius 3 is 2.64 bits per heavy atom. The third-order valence-corrected chi connectivity index (χ3v) is 5.54. The quantitative estimate of drug-likeness (QED) is 0.456. The van der Waals surface area contributed by atoms with Crippen LogP contribution in [0, 0.1) is 25.2 Å². The number of aromatic nitrogens is 1. The van der Waals surface area contributed by atoms with Crippen molar-refractivity contribution in [3.05, 3.63) is 75.7 Å². The molecule has 2 aromatic carbocycles. The normalized spacial score (nSPS) is 11.3. The number of aryl methyl sites for hydroxylation is 3. The van der Waals surface area contributed by atoms with Crippen molar-refractivity contribution in [1.82, 2.24) is 4.98 Å². The van der Waals surface area contributed by atoms with Gasteiger partial charge in [-0.2, -0.15) is 5.26 Å². The van der Waals surface area contributed by atoms with E-state index < -0.39 is 0 Å². The second-order valence-corrected chi connectivity index (χ2v) is 7.83. The van der Waals surface area contributed by atoms with Crippen molar-refractivity contribution in [3.8, 4) is 17.3 Å². The molecule has 1 aromatic heterocycles. The van der Waals surface area contributed by atoms with Gasteiger partial charge in [-0.3, -0.25) is 0 Å². The summed E-state index contributed by atoms with van der Waals surface area (Å²) in [6, 6.07) is 17.0. The fourth-order valence-electron chi connectivity index (χ4n) is 3.07. The van der Waals surface area contributed by atoms with Crippen LogP contribution in [0.4, 0.5) is 5.69 Å². The van der Waals surface area contributed by atoms with Crippen molar-refractivity contribution < 1.29 is 0 Å². The molecule has 0 aliphatic heterocycles. The zero-order valence-electron chi connectivity index (χ0n) is 16.6. The smallest absolute Gasteiger partial charge is 0.136 e. The van der Waals surface area contributed by atoms with Crippen LogP contribution < -0.4 is 5.32 Å². The van der Waals surface area contributed by atoms with Gasteiger partial charge in [0, 0.05) is 22.8 Å². The molecule has 0 saturated carbocycles. The van der Waals surface area contributed by atoms with Crippen molar-refractivity contribution >= 4 is 22.6 Å². The highest BCUT2D eigenvalue weighted by Crippen LogP contribution is 2.28. The van der Waals surface area contributed by atoms with E-state index >= 15 is 0 Å².